The number of carbonyl (C=O) groups excluding carboxylic acids is 1. The molecule has 1 aliphatic carbocycles. The molecule has 2 aliphatic rings. The van der Waals surface area contributed by atoms with Crippen molar-refractivity contribution in [3.8, 4) is 0 Å². The van der Waals surface area contributed by atoms with E-state index in [1.807, 2.05) is 13.0 Å². The fraction of sp³-hybridized carbons (Fsp3) is 0.240. The SMILES string of the molecule is CCNC(=O)c1ccc2c(c1)C1C=CCC1C(c1cccc3ccccc13)N2. The molecule has 3 aromatic rings. The van der Waals surface area contributed by atoms with Crippen LogP contribution in [0.25, 0.3) is 10.8 Å². The summed E-state index contributed by atoms with van der Waals surface area (Å²) in [7, 11) is 0. The average Bonchev–Trinajstić information content (AvgIpc) is 3.23. The predicted molar refractivity (Wildman–Crippen MR) is 115 cm³/mol. The summed E-state index contributed by atoms with van der Waals surface area (Å²) in [6.45, 7) is 2.59. The maximum Gasteiger partial charge on any atom is 0.251 e. The molecule has 0 fully saturated rings. The highest BCUT2D eigenvalue weighted by molar-refractivity contribution is 5.95. The first-order valence-corrected chi connectivity index (χ1v) is 10.1. The van der Waals surface area contributed by atoms with Crippen LogP contribution in [0.5, 0.6) is 0 Å². The Morgan fingerprint density at radius 3 is 2.82 bits per heavy atom. The van der Waals surface area contributed by atoms with Gasteiger partial charge in [0.1, 0.15) is 0 Å². The molecule has 0 bridgehead atoms. The standard InChI is InChI=1S/C25H24N2O/c1-2-26-25(28)17-13-14-23-22(15-17)19-10-6-12-21(19)24(27-23)20-11-5-8-16-7-3-4-9-18(16)20/h3-11,13-15,19,21,24,27H,2,12H2,1H3,(H,26,28). The third-order valence-corrected chi connectivity index (χ3v) is 6.12. The Labute approximate surface area is 165 Å². The van der Waals surface area contributed by atoms with Gasteiger partial charge in [-0.3, -0.25) is 4.79 Å². The fourth-order valence-electron chi connectivity index (χ4n) is 4.83. The van der Waals surface area contributed by atoms with Crippen molar-refractivity contribution in [2.24, 2.45) is 5.92 Å². The van der Waals surface area contributed by atoms with Gasteiger partial charge in [0.2, 0.25) is 0 Å². The number of fused-ring (bicyclic) bond motifs is 4. The van der Waals surface area contributed by atoms with E-state index >= 15 is 0 Å². The molecule has 3 atom stereocenters. The lowest BCUT2D eigenvalue weighted by molar-refractivity contribution is 0.0955. The Hall–Kier alpha value is -3.07. The van der Waals surface area contributed by atoms with E-state index in [1.54, 1.807) is 0 Å². The lowest BCUT2D eigenvalue weighted by Crippen LogP contribution is -2.30. The van der Waals surface area contributed by atoms with Crippen molar-refractivity contribution >= 4 is 22.4 Å². The van der Waals surface area contributed by atoms with Gasteiger partial charge in [0.15, 0.2) is 0 Å². The maximum atomic E-state index is 12.3. The summed E-state index contributed by atoms with van der Waals surface area (Å²) in [6, 6.07) is 21.5. The normalized spacial score (nSPS) is 22.4. The lowest BCUT2D eigenvalue weighted by Gasteiger charge is -2.38. The van der Waals surface area contributed by atoms with Gasteiger partial charge in [0.25, 0.3) is 5.91 Å². The second kappa shape index (κ2) is 6.83. The molecule has 5 rings (SSSR count). The largest absolute Gasteiger partial charge is 0.378 e. The van der Waals surface area contributed by atoms with Crippen molar-refractivity contribution in [3.63, 3.8) is 0 Å². The first-order chi connectivity index (χ1) is 13.8. The number of hydrogen-bond acceptors (Lipinski definition) is 2. The number of nitrogens with one attached hydrogen (secondary N) is 2. The highest BCUT2D eigenvalue weighted by Crippen LogP contribution is 2.50. The smallest absolute Gasteiger partial charge is 0.251 e. The molecule has 3 unspecified atom stereocenters. The number of carbonyl (C=O) groups is 1. The van der Waals surface area contributed by atoms with Crippen molar-refractivity contribution in [2.75, 3.05) is 11.9 Å². The van der Waals surface area contributed by atoms with Gasteiger partial charge in [-0.1, -0.05) is 54.6 Å². The number of rotatable bonds is 3. The zero-order valence-corrected chi connectivity index (χ0v) is 16.0. The summed E-state index contributed by atoms with van der Waals surface area (Å²) >= 11 is 0. The van der Waals surface area contributed by atoms with Crippen LogP contribution in [-0.2, 0) is 0 Å². The number of anilines is 1. The Kier molecular flexibility index (Phi) is 4.16. The number of amides is 1. The summed E-state index contributed by atoms with van der Waals surface area (Å²) in [5, 5.41) is 9.30. The van der Waals surface area contributed by atoms with E-state index in [0.29, 0.717) is 18.4 Å². The van der Waals surface area contributed by atoms with Crippen LogP contribution in [-0.4, -0.2) is 12.5 Å². The topological polar surface area (TPSA) is 41.1 Å². The quantitative estimate of drug-likeness (QED) is 0.607. The van der Waals surface area contributed by atoms with Crippen molar-refractivity contribution < 1.29 is 4.79 Å². The van der Waals surface area contributed by atoms with Gasteiger partial charge in [0, 0.05) is 23.7 Å². The minimum Gasteiger partial charge on any atom is -0.378 e. The third kappa shape index (κ3) is 2.70. The highest BCUT2D eigenvalue weighted by Gasteiger charge is 2.38. The molecule has 3 nitrogen and oxygen atoms in total. The van der Waals surface area contributed by atoms with E-state index < -0.39 is 0 Å². The van der Waals surface area contributed by atoms with Gasteiger partial charge in [-0.2, -0.15) is 0 Å². The van der Waals surface area contributed by atoms with E-state index in [1.165, 1.54) is 21.9 Å². The molecular formula is C25H24N2O. The Balaban J connectivity index is 1.59. The average molecular weight is 368 g/mol. The van der Waals surface area contributed by atoms with Crippen molar-refractivity contribution in [3.05, 3.63) is 89.5 Å². The first-order valence-electron chi connectivity index (χ1n) is 10.1. The van der Waals surface area contributed by atoms with Gasteiger partial charge in [-0.15, -0.1) is 0 Å². The molecule has 1 heterocycles. The zero-order valence-electron chi connectivity index (χ0n) is 16.0. The molecular weight excluding hydrogens is 344 g/mol. The third-order valence-electron chi connectivity index (χ3n) is 6.12. The van der Waals surface area contributed by atoms with Crippen LogP contribution >= 0.6 is 0 Å². The minimum atomic E-state index is 0.00000315. The summed E-state index contributed by atoms with van der Waals surface area (Å²) in [4.78, 5) is 12.3. The Morgan fingerprint density at radius 2 is 1.93 bits per heavy atom. The van der Waals surface area contributed by atoms with Crippen LogP contribution in [0.3, 0.4) is 0 Å². The van der Waals surface area contributed by atoms with Gasteiger partial charge < -0.3 is 10.6 Å². The molecule has 1 amide bonds. The molecule has 0 saturated carbocycles. The summed E-state index contributed by atoms with van der Waals surface area (Å²) < 4.78 is 0. The van der Waals surface area contributed by atoms with Crippen LogP contribution in [0.1, 0.15) is 46.8 Å². The highest BCUT2D eigenvalue weighted by atomic mass is 16.1. The van der Waals surface area contributed by atoms with E-state index in [4.69, 9.17) is 0 Å². The van der Waals surface area contributed by atoms with Gasteiger partial charge in [-0.05, 0) is 59.4 Å². The van der Waals surface area contributed by atoms with Crippen molar-refractivity contribution in [1.29, 1.82) is 0 Å². The molecule has 140 valence electrons. The van der Waals surface area contributed by atoms with E-state index in [2.05, 4.69) is 77.4 Å². The first kappa shape index (κ1) is 17.1. The van der Waals surface area contributed by atoms with Gasteiger partial charge in [-0.25, -0.2) is 0 Å². The number of benzene rings is 3. The van der Waals surface area contributed by atoms with Gasteiger partial charge in [0.05, 0.1) is 6.04 Å². The molecule has 0 aromatic heterocycles. The predicted octanol–water partition coefficient (Wildman–Crippen LogP) is 5.42. The van der Waals surface area contributed by atoms with E-state index in [9.17, 15) is 4.79 Å². The Bertz CT molecular complexity index is 1080. The lowest BCUT2D eigenvalue weighted by atomic mass is 9.76. The van der Waals surface area contributed by atoms with Crippen LogP contribution in [0, 0.1) is 5.92 Å². The second-order valence-corrected chi connectivity index (χ2v) is 7.71. The van der Waals surface area contributed by atoms with Crippen LogP contribution in [0.15, 0.2) is 72.8 Å². The summed E-state index contributed by atoms with van der Waals surface area (Å²) in [5.41, 5.74) is 4.47. The van der Waals surface area contributed by atoms with E-state index in [-0.39, 0.29) is 11.9 Å². The maximum absolute atomic E-state index is 12.3. The molecule has 3 aromatic carbocycles. The molecule has 0 radical (unpaired) electrons. The van der Waals surface area contributed by atoms with Gasteiger partial charge >= 0.3 is 0 Å². The Morgan fingerprint density at radius 1 is 1.07 bits per heavy atom. The molecule has 0 saturated heterocycles. The molecule has 3 heteroatoms. The van der Waals surface area contributed by atoms with Crippen molar-refractivity contribution in [2.45, 2.75) is 25.3 Å². The van der Waals surface area contributed by atoms with Crippen LogP contribution in [0.2, 0.25) is 0 Å². The molecule has 0 spiro atoms. The zero-order chi connectivity index (χ0) is 19.1. The second-order valence-electron chi connectivity index (χ2n) is 7.71. The van der Waals surface area contributed by atoms with Crippen LogP contribution < -0.4 is 10.6 Å². The fourth-order valence-corrected chi connectivity index (χ4v) is 4.83. The minimum absolute atomic E-state index is 0.00000315. The summed E-state index contributed by atoms with van der Waals surface area (Å²) in [5.74, 6) is 0.803. The van der Waals surface area contributed by atoms with Crippen molar-refractivity contribution in [1.82, 2.24) is 5.32 Å². The molecule has 1 aliphatic heterocycles. The summed E-state index contributed by atoms with van der Waals surface area (Å²) in [6.07, 6.45) is 5.67. The number of allylic oxidation sites excluding steroid dienone is 2. The molecule has 2 N–H and O–H groups in total. The van der Waals surface area contributed by atoms with Crippen LogP contribution in [0.4, 0.5) is 5.69 Å². The van der Waals surface area contributed by atoms with E-state index in [0.717, 1.165) is 17.7 Å². The monoisotopic (exact) mass is 368 g/mol. The number of hydrogen-bond donors (Lipinski definition) is 2. The molecule has 28 heavy (non-hydrogen) atoms.